The third-order valence-corrected chi connectivity index (χ3v) is 5.04. The zero-order valence-electron chi connectivity index (χ0n) is 12.0. The van der Waals surface area contributed by atoms with Crippen molar-refractivity contribution >= 4 is 15.9 Å². The minimum absolute atomic E-state index is 0.132. The van der Waals surface area contributed by atoms with Crippen molar-refractivity contribution in [2.24, 2.45) is 0 Å². The van der Waals surface area contributed by atoms with E-state index in [1.165, 1.54) is 24.8 Å². The van der Waals surface area contributed by atoms with Crippen LogP contribution < -0.4 is 10.1 Å². The summed E-state index contributed by atoms with van der Waals surface area (Å²) in [6.07, 6.45) is 6.00. The maximum atomic E-state index is 6.33. The monoisotopic (exact) mass is 339 g/mol. The quantitative estimate of drug-likeness (QED) is 0.908. The molecule has 0 aromatic heterocycles. The van der Waals surface area contributed by atoms with Crippen molar-refractivity contribution in [2.75, 3.05) is 13.7 Å². The molecule has 1 unspecified atom stereocenters. The summed E-state index contributed by atoms with van der Waals surface area (Å²) in [6, 6.07) is 6.23. The second kappa shape index (κ2) is 6.04. The Morgan fingerprint density at radius 3 is 3.00 bits per heavy atom. The molecule has 2 fully saturated rings. The van der Waals surface area contributed by atoms with Gasteiger partial charge in [0.25, 0.3) is 0 Å². The second-order valence-corrected chi connectivity index (χ2v) is 6.73. The predicted molar refractivity (Wildman–Crippen MR) is 83.1 cm³/mol. The van der Waals surface area contributed by atoms with Crippen LogP contribution in [0.3, 0.4) is 0 Å². The highest BCUT2D eigenvalue weighted by Crippen LogP contribution is 2.43. The van der Waals surface area contributed by atoms with Crippen LogP contribution in [-0.4, -0.2) is 25.4 Å². The molecule has 1 saturated heterocycles. The standard InChI is InChI=1S/C16H22BrNO2/c1-18-11-12-4-2-5-14(17)15(12)20-13-6-9-19-16(10-13)7-3-8-16/h2,4-5,13,18H,3,6-11H2,1H3. The topological polar surface area (TPSA) is 30.5 Å². The van der Waals surface area contributed by atoms with Gasteiger partial charge in [0.1, 0.15) is 11.9 Å². The summed E-state index contributed by atoms with van der Waals surface area (Å²) in [6.45, 7) is 1.65. The molecule has 0 bridgehead atoms. The first-order chi connectivity index (χ1) is 9.72. The zero-order chi connectivity index (χ0) is 14.0. The number of hydrogen-bond donors (Lipinski definition) is 1. The summed E-state index contributed by atoms with van der Waals surface area (Å²) in [5, 5.41) is 3.20. The summed E-state index contributed by atoms with van der Waals surface area (Å²) in [4.78, 5) is 0. The van der Waals surface area contributed by atoms with Gasteiger partial charge in [-0.25, -0.2) is 0 Å². The molecule has 1 aliphatic heterocycles. The summed E-state index contributed by atoms with van der Waals surface area (Å²) >= 11 is 3.62. The van der Waals surface area contributed by atoms with E-state index in [2.05, 4.69) is 33.4 Å². The lowest BCUT2D eigenvalue weighted by Gasteiger charge is -2.47. The van der Waals surface area contributed by atoms with E-state index in [9.17, 15) is 0 Å². The van der Waals surface area contributed by atoms with Crippen LogP contribution in [0, 0.1) is 0 Å². The van der Waals surface area contributed by atoms with E-state index in [1.807, 2.05) is 13.1 Å². The summed E-state index contributed by atoms with van der Waals surface area (Å²) in [5.74, 6) is 0.989. The van der Waals surface area contributed by atoms with Crippen LogP contribution in [-0.2, 0) is 11.3 Å². The predicted octanol–water partition coefficient (Wildman–Crippen LogP) is 3.65. The van der Waals surface area contributed by atoms with Gasteiger partial charge in [-0.05, 0) is 48.3 Å². The molecule has 1 atom stereocenters. The van der Waals surface area contributed by atoms with Gasteiger partial charge in [-0.2, -0.15) is 0 Å². The van der Waals surface area contributed by atoms with Crippen LogP contribution >= 0.6 is 15.9 Å². The van der Waals surface area contributed by atoms with Crippen molar-refractivity contribution in [3.8, 4) is 5.75 Å². The Hall–Kier alpha value is -0.580. The van der Waals surface area contributed by atoms with E-state index in [0.717, 1.165) is 36.2 Å². The van der Waals surface area contributed by atoms with Crippen molar-refractivity contribution in [2.45, 2.75) is 50.4 Å². The van der Waals surface area contributed by atoms with E-state index >= 15 is 0 Å². The van der Waals surface area contributed by atoms with Gasteiger partial charge in [0.2, 0.25) is 0 Å². The van der Waals surface area contributed by atoms with Gasteiger partial charge in [0.05, 0.1) is 16.7 Å². The van der Waals surface area contributed by atoms with Crippen LogP contribution in [0.5, 0.6) is 5.75 Å². The lowest BCUT2D eigenvalue weighted by molar-refractivity contribution is -0.153. The average Bonchev–Trinajstić information content (AvgIpc) is 2.42. The van der Waals surface area contributed by atoms with Crippen molar-refractivity contribution < 1.29 is 9.47 Å². The molecule has 1 N–H and O–H groups in total. The Bertz CT molecular complexity index is 474. The molecule has 110 valence electrons. The largest absolute Gasteiger partial charge is 0.489 e. The fourth-order valence-corrected chi connectivity index (χ4v) is 3.69. The fraction of sp³-hybridized carbons (Fsp3) is 0.625. The molecule has 1 aliphatic carbocycles. The van der Waals surface area contributed by atoms with E-state index in [4.69, 9.17) is 9.47 Å². The van der Waals surface area contributed by atoms with Gasteiger partial charge >= 0.3 is 0 Å². The Balaban J connectivity index is 1.73. The minimum Gasteiger partial charge on any atom is -0.489 e. The maximum absolute atomic E-state index is 6.33. The number of para-hydroxylation sites is 1. The minimum atomic E-state index is 0.132. The van der Waals surface area contributed by atoms with Crippen LogP contribution in [0.15, 0.2) is 22.7 Å². The highest BCUT2D eigenvalue weighted by atomic mass is 79.9. The maximum Gasteiger partial charge on any atom is 0.138 e. The molecule has 3 nitrogen and oxygen atoms in total. The molecule has 3 rings (SSSR count). The first kappa shape index (κ1) is 14.4. The first-order valence-electron chi connectivity index (χ1n) is 7.45. The van der Waals surface area contributed by atoms with Gasteiger partial charge < -0.3 is 14.8 Å². The van der Waals surface area contributed by atoms with E-state index in [0.29, 0.717) is 0 Å². The number of halogens is 1. The van der Waals surface area contributed by atoms with Crippen molar-refractivity contribution in [1.29, 1.82) is 0 Å². The molecule has 20 heavy (non-hydrogen) atoms. The van der Waals surface area contributed by atoms with Crippen LogP contribution in [0.1, 0.15) is 37.7 Å². The molecule has 1 heterocycles. The SMILES string of the molecule is CNCc1cccc(Br)c1OC1CCOC2(CCC2)C1. The summed E-state index contributed by atoms with van der Waals surface area (Å²) in [5.41, 5.74) is 1.34. The second-order valence-electron chi connectivity index (χ2n) is 5.88. The summed E-state index contributed by atoms with van der Waals surface area (Å²) in [7, 11) is 1.96. The lowest BCUT2D eigenvalue weighted by atomic mass is 9.74. The molecule has 1 aromatic rings. The smallest absolute Gasteiger partial charge is 0.138 e. The van der Waals surface area contributed by atoms with Crippen LogP contribution in [0.2, 0.25) is 0 Å². The fourth-order valence-electron chi connectivity index (χ4n) is 3.18. The molecule has 4 heteroatoms. The first-order valence-corrected chi connectivity index (χ1v) is 8.24. The van der Waals surface area contributed by atoms with Gasteiger partial charge in [-0.1, -0.05) is 12.1 Å². The highest BCUT2D eigenvalue weighted by Gasteiger charge is 2.43. The molecule has 0 radical (unpaired) electrons. The van der Waals surface area contributed by atoms with Gasteiger partial charge in [0, 0.05) is 24.9 Å². The number of hydrogen-bond acceptors (Lipinski definition) is 3. The molecule has 1 spiro atoms. The van der Waals surface area contributed by atoms with Crippen molar-refractivity contribution in [3.05, 3.63) is 28.2 Å². The molecule has 2 aliphatic rings. The van der Waals surface area contributed by atoms with E-state index in [1.54, 1.807) is 0 Å². The van der Waals surface area contributed by atoms with Crippen LogP contribution in [0.25, 0.3) is 0 Å². The Morgan fingerprint density at radius 2 is 2.30 bits per heavy atom. The molecule has 1 saturated carbocycles. The van der Waals surface area contributed by atoms with E-state index < -0.39 is 0 Å². The van der Waals surface area contributed by atoms with Crippen molar-refractivity contribution in [3.63, 3.8) is 0 Å². The average molecular weight is 340 g/mol. The van der Waals surface area contributed by atoms with Gasteiger partial charge in [-0.3, -0.25) is 0 Å². The number of ether oxygens (including phenoxy) is 2. The Morgan fingerprint density at radius 1 is 1.45 bits per heavy atom. The normalized spacial score (nSPS) is 24.4. The van der Waals surface area contributed by atoms with Gasteiger partial charge in [-0.15, -0.1) is 0 Å². The number of rotatable bonds is 4. The number of nitrogens with one attached hydrogen (secondary N) is 1. The van der Waals surface area contributed by atoms with E-state index in [-0.39, 0.29) is 11.7 Å². The molecular formula is C16H22BrNO2. The molecule has 1 aromatic carbocycles. The van der Waals surface area contributed by atoms with Crippen LogP contribution in [0.4, 0.5) is 0 Å². The highest BCUT2D eigenvalue weighted by molar-refractivity contribution is 9.10. The summed E-state index contributed by atoms with van der Waals surface area (Å²) < 4.78 is 13.3. The zero-order valence-corrected chi connectivity index (χ0v) is 13.5. The Labute approximate surface area is 129 Å². The Kier molecular flexibility index (Phi) is 4.34. The number of benzene rings is 1. The molecular weight excluding hydrogens is 318 g/mol. The molecule has 0 amide bonds. The third kappa shape index (κ3) is 2.87. The van der Waals surface area contributed by atoms with Crippen molar-refractivity contribution in [1.82, 2.24) is 5.32 Å². The lowest BCUT2D eigenvalue weighted by Crippen LogP contribution is -2.48. The third-order valence-electron chi connectivity index (χ3n) is 4.41. The van der Waals surface area contributed by atoms with Gasteiger partial charge in [0.15, 0.2) is 0 Å².